The lowest BCUT2D eigenvalue weighted by atomic mass is 10.1. The van der Waals surface area contributed by atoms with Crippen LogP contribution in [-0.2, 0) is 13.0 Å². The van der Waals surface area contributed by atoms with Crippen LogP contribution in [0.5, 0.6) is 0 Å². The Balaban J connectivity index is 0.00000128. The van der Waals surface area contributed by atoms with E-state index in [-0.39, 0.29) is 12.4 Å². The molecule has 90 valence electrons. The second-order valence-electron chi connectivity index (χ2n) is 4.41. The molecule has 1 saturated heterocycles. The molecule has 0 bridgehead atoms. The Labute approximate surface area is 104 Å². The van der Waals surface area contributed by atoms with Crippen molar-refractivity contribution in [3.8, 4) is 0 Å². The third-order valence-electron chi connectivity index (χ3n) is 3.20. The predicted octanol–water partition coefficient (Wildman–Crippen LogP) is 2.20. The molecule has 2 nitrogen and oxygen atoms in total. The average Bonchev–Trinajstić information content (AvgIpc) is 2.65. The van der Waals surface area contributed by atoms with E-state index >= 15 is 0 Å². The molecule has 1 heterocycles. The van der Waals surface area contributed by atoms with Crippen LogP contribution in [0.3, 0.4) is 0 Å². The molecule has 2 rings (SSSR count). The summed E-state index contributed by atoms with van der Waals surface area (Å²) in [7, 11) is 0. The topological polar surface area (TPSA) is 29.3 Å². The normalized spacial score (nSPS) is 20.8. The van der Waals surface area contributed by atoms with E-state index in [1.54, 1.807) is 0 Å². The van der Waals surface area contributed by atoms with Gasteiger partial charge in [-0.1, -0.05) is 31.2 Å². The van der Waals surface area contributed by atoms with E-state index in [9.17, 15) is 0 Å². The van der Waals surface area contributed by atoms with E-state index in [1.807, 2.05) is 0 Å². The predicted molar refractivity (Wildman–Crippen MR) is 70.9 cm³/mol. The van der Waals surface area contributed by atoms with Gasteiger partial charge in [-0.25, -0.2) is 0 Å². The first kappa shape index (κ1) is 13.5. The largest absolute Gasteiger partial charge is 0.326 e. The summed E-state index contributed by atoms with van der Waals surface area (Å²) in [6.07, 6.45) is 2.27. The molecule has 0 amide bonds. The van der Waals surface area contributed by atoms with Gasteiger partial charge in [0, 0.05) is 25.7 Å². The molecule has 16 heavy (non-hydrogen) atoms. The Morgan fingerprint density at radius 2 is 2.00 bits per heavy atom. The Hall–Kier alpha value is -0.570. The van der Waals surface area contributed by atoms with Crippen molar-refractivity contribution in [3.63, 3.8) is 0 Å². The summed E-state index contributed by atoms with van der Waals surface area (Å²) < 4.78 is 0. The SMILES string of the molecule is CCc1ccccc1CN1CCC(N)C1.Cl. The Kier molecular flexibility index (Phi) is 5.26. The van der Waals surface area contributed by atoms with Gasteiger partial charge in [-0.05, 0) is 24.0 Å². The molecule has 1 aliphatic heterocycles. The van der Waals surface area contributed by atoms with Crippen LogP contribution in [0.15, 0.2) is 24.3 Å². The average molecular weight is 241 g/mol. The Morgan fingerprint density at radius 3 is 2.56 bits per heavy atom. The highest BCUT2D eigenvalue weighted by Gasteiger charge is 2.19. The zero-order chi connectivity index (χ0) is 10.7. The standard InChI is InChI=1S/C13H20N2.ClH/c1-2-11-5-3-4-6-12(11)9-15-8-7-13(14)10-15;/h3-6,13H,2,7-10,14H2,1H3;1H. The van der Waals surface area contributed by atoms with Gasteiger partial charge in [0.2, 0.25) is 0 Å². The van der Waals surface area contributed by atoms with Crippen molar-refractivity contribution in [2.45, 2.75) is 32.4 Å². The van der Waals surface area contributed by atoms with Crippen molar-refractivity contribution in [1.82, 2.24) is 4.90 Å². The maximum absolute atomic E-state index is 5.91. The third kappa shape index (κ3) is 3.21. The summed E-state index contributed by atoms with van der Waals surface area (Å²) in [4.78, 5) is 2.46. The number of likely N-dealkylation sites (tertiary alicyclic amines) is 1. The van der Waals surface area contributed by atoms with Crippen LogP contribution in [0, 0.1) is 0 Å². The number of halogens is 1. The maximum Gasteiger partial charge on any atom is 0.0237 e. The molecular formula is C13H21ClN2. The summed E-state index contributed by atoms with van der Waals surface area (Å²) in [6.45, 7) is 5.49. The molecule has 0 spiro atoms. The summed E-state index contributed by atoms with van der Waals surface area (Å²) in [5, 5.41) is 0. The van der Waals surface area contributed by atoms with Crippen LogP contribution in [0.25, 0.3) is 0 Å². The quantitative estimate of drug-likeness (QED) is 0.878. The van der Waals surface area contributed by atoms with E-state index in [0.717, 1.165) is 32.5 Å². The van der Waals surface area contributed by atoms with Crippen LogP contribution in [0.1, 0.15) is 24.5 Å². The van der Waals surface area contributed by atoms with E-state index in [0.29, 0.717) is 6.04 Å². The van der Waals surface area contributed by atoms with Crippen LogP contribution in [0.4, 0.5) is 0 Å². The van der Waals surface area contributed by atoms with Crippen LogP contribution < -0.4 is 5.73 Å². The zero-order valence-electron chi connectivity index (χ0n) is 9.86. The minimum atomic E-state index is 0. The first-order valence-corrected chi connectivity index (χ1v) is 5.84. The first-order valence-electron chi connectivity index (χ1n) is 5.84. The van der Waals surface area contributed by atoms with Gasteiger partial charge in [-0.15, -0.1) is 12.4 Å². The van der Waals surface area contributed by atoms with Crippen molar-refractivity contribution in [2.75, 3.05) is 13.1 Å². The lowest BCUT2D eigenvalue weighted by molar-refractivity contribution is 0.326. The van der Waals surface area contributed by atoms with Crippen molar-refractivity contribution in [1.29, 1.82) is 0 Å². The molecular weight excluding hydrogens is 220 g/mol. The molecule has 1 aliphatic rings. The molecule has 3 heteroatoms. The van der Waals surface area contributed by atoms with Gasteiger partial charge in [0.05, 0.1) is 0 Å². The molecule has 0 radical (unpaired) electrons. The summed E-state index contributed by atoms with van der Waals surface area (Å²) in [6, 6.07) is 9.11. The number of hydrogen-bond acceptors (Lipinski definition) is 2. The number of rotatable bonds is 3. The number of nitrogens with two attached hydrogens (primary N) is 1. The molecule has 0 aliphatic carbocycles. The fourth-order valence-corrected chi connectivity index (χ4v) is 2.30. The van der Waals surface area contributed by atoms with Gasteiger partial charge in [-0.2, -0.15) is 0 Å². The summed E-state index contributed by atoms with van der Waals surface area (Å²) in [5.41, 5.74) is 8.84. The van der Waals surface area contributed by atoms with E-state index in [2.05, 4.69) is 36.1 Å². The van der Waals surface area contributed by atoms with Crippen molar-refractivity contribution < 1.29 is 0 Å². The summed E-state index contributed by atoms with van der Waals surface area (Å²) >= 11 is 0. The number of hydrogen-bond donors (Lipinski definition) is 1. The summed E-state index contributed by atoms with van der Waals surface area (Å²) in [5.74, 6) is 0. The Morgan fingerprint density at radius 1 is 1.31 bits per heavy atom. The first-order chi connectivity index (χ1) is 7.29. The fraction of sp³-hybridized carbons (Fsp3) is 0.538. The highest BCUT2D eigenvalue weighted by molar-refractivity contribution is 5.85. The van der Waals surface area contributed by atoms with Gasteiger partial charge in [0.15, 0.2) is 0 Å². The van der Waals surface area contributed by atoms with Crippen molar-refractivity contribution in [3.05, 3.63) is 35.4 Å². The van der Waals surface area contributed by atoms with Gasteiger partial charge in [0.25, 0.3) is 0 Å². The van der Waals surface area contributed by atoms with E-state index < -0.39 is 0 Å². The zero-order valence-corrected chi connectivity index (χ0v) is 10.7. The lowest BCUT2D eigenvalue weighted by Crippen LogP contribution is -2.26. The van der Waals surface area contributed by atoms with Gasteiger partial charge < -0.3 is 5.73 Å². The lowest BCUT2D eigenvalue weighted by Gasteiger charge is -2.17. The molecule has 1 fully saturated rings. The van der Waals surface area contributed by atoms with Crippen LogP contribution in [0.2, 0.25) is 0 Å². The highest BCUT2D eigenvalue weighted by Crippen LogP contribution is 2.15. The van der Waals surface area contributed by atoms with E-state index in [4.69, 9.17) is 5.73 Å². The van der Waals surface area contributed by atoms with Crippen molar-refractivity contribution in [2.24, 2.45) is 5.73 Å². The van der Waals surface area contributed by atoms with Gasteiger partial charge in [0.1, 0.15) is 0 Å². The minimum Gasteiger partial charge on any atom is -0.326 e. The fourth-order valence-electron chi connectivity index (χ4n) is 2.30. The molecule has 1 atom stereocenters. The molecule has 0 saturated carbocycles. The molecule has 1 unspecified atom stereocenters. The molecule has 0 aromatic heterocycles. The third-order valence-corrected chi connectivity index (χ3v) is 3.20. The maximum atomic E-state index is 5.91. The van der Waals surface area contributed by atoms with Crippen LogP contribution in [-0.4, -0.2) is 24.0 Å². The second kappa shape index (κ2) is 6.24. The number of nitrogens with zero attached hydrogens (tertiary/aromatic N) is 1. The van der Waals surface area contributed by atoms with Gasteiger partial charge >= 0.3 is 0 Å². The second-order valence-corrected chi connectivity index (χ2v) is 4.41. The van der Waals surface area contributed by atoms with Crippen LogP contribution >= 0.6 is 12.4 Å². The van der Waals surface area contributed by atoms with E-state index in [1.165, 1.54) is 11.1 Å². The number of benzene rings is 1. The number of aryl methyl sites for hydroxylation is 1. The smallest absolute Gasteiger partial charge is 0.0237 e. The monoisotopic (exact) mass is 240 g/mol. The highest BCUT2D eigenvalue weighted by atomic mass is 35.5. The Bertz CT molecular complexity index is 327. The molecule has 1 aromatic carbocycles. The van der Waals surface area contributed by atoms with Gasteiger partial charge in [-0.3, -0.25) is 4.90 Å². The molecule has 1 aromatic rings. The van der Waals surface area contributed by atoms with Crippen molar-refractivity contribution >= 4 is 12.4 Å². The molecule has 2 N–H and O–H groups in total. The minimum absolute atomic E-state index is 0.